The molecule has 218 valence electrons. The van der Waals surface area contributed by atoms with Crippen molar-refractivity contribution in [3.8, 4) is 5.75 Å². The third kappa shape index (κ3) is 6.31. The highest BCUT2D eigenvalue weighted by Crippen LogP contribution is 2.62. The molecule has 42 heavy (non-hydrogen) atoms. The number of aryl methyl sites for hydroxylation is 1. The summed E-state index contributed by atoms with van der Waals surface area (Å²) >= 11 is 0. The van der Waals surface area contributed by atoms with E-state index in [9.17, 15) is 14.5 Å². The van der Waals surface area contributed by atoms with Crippen LogP contribution in [0.5, 0.6) is 5.75 Å². The molecule has 11 heteroatoms. The second kappa shape index (κ2) is 12.7. The molecule has 0 bridgehead atoms. The lowest BCUT2D eigenvalue weighted by molar-refractivity contribution is 0.213. The van der Waals surface area contributed by atoms with E-state index in [4.69, 9.17) is 9.05 Å². The van der Waals surface area contributed by atoms with Crippen LogP contribution < -0.4 is 10.9 Å². The van der Waals surface area contributed by atoms with E-state index in [2.05, 4.69) is 15.6 Å². The van der Waals surface area contributed by atoms with E-state index in [0.29, 0.717) is 23.5 Å². The number of aromatic nitrogens is 4. The summed E-state index contributed by atoms with van der Waals surface area (Å²) in [6.45, 7) is 6.37. The first-order chi connectivity index (χ1) is 20.3. The number of phenolic OH excluding ortho intramolecular Hbond substituents is 1. The summed E-state index contributed by atoms with van der Waals surface area (Å²) in [4.78, 5) is 12.8. The van der Waals surface area contributed by atoms with Crippen molar-refractivity contribution >= 4 is 24.2 Å². The maximum atomic E-state index is 14.0. The SMILES string of the molecule is CCOP(=O)(OCC)C(Nc1ccccc1)c1cc(Cn2cc(Cn3c(=O)cc(C)c4ccccc43)nn2)ccc1O. The quantitative estimate of drug-likeness (QED) is 0.169. The van der Waals surface area contributed by atoms with Crippen LogP contribution in [-0.2, 0) is 26.7 Å². The monoisotopic (exact) mass is 587 g/mol. The molecular weight excluding hydrogens is 553 g/mol. The second-order valence-corrected chi connectivity index (χ2v) is 12.0. The Morgan fingerprint density at radius 3 is 2.40 bits per heavy atom. The molecule has 3 aromatic carbocycles. The van der Waals surface area contributed by atoms with Gasteiger partial charge in [0.1, 0.15) is 11.4 Å². The molecule has 1 unspecified atom stereocenters. The molecule has 2 aromatic heterocycles. The fourth-order valence-electron chi connectivity index (χ4n) is 4.99. The van der Waals surface area contributed by atoms with Crippen LogP contribution in [0.2, 0.25) is 0 Å². The predicted molar refractivity (Wildman–Crippen MR) is 163 cm³/mol. The third-order valence-electron chi connectivity index (χ3n) is 6.87. The molecule has 2 heterocycles. The number of aromatic hydroxyl groups is 1. The number of fused-ring (bicyclic) bond motifs is 1. The maximum Gasteiger partial charge on any atom is 0.357 e. The number of nitrogens with zero attached hydrogens (tertiary/aromatic N) is 4. The van der Waals surface area contributed by atoms with Crippen molar-refractivity contribution in [2.75, 3.05) is 18.5 Å². The summed E-state index contributed by atoms with van der Waals surface area (Å²) < 4.78 is 28.7. The first kappa shape index (κ1) is 29.3. The molecule has 0 amide bonds. The summed E-state index contributed by atoms with van der Waals surface area (Å²) in [5, 5.41) is 23.8. The first-order valence-corrected chi connectivity index (χ1v) is 15.4. The summed E-state index contributed by atoms with van der Waals surface area (Å²) in [6, 6.07) is 23.8. The average Bonchev–Trinajstić information content (AvgIpc) is 3.42. The Bertz CT molecular complexity index is 1780. The molecule has 5 rings (SSSR count). The standard InChI is InChI=1S/C31H34N5O5P/c1-4-40-42(39,41-5-2)31(32-24-11-7-6-8-12-24)27-18-23(15-16-29(27)37)19-35-20-25(33-34-35)21-36-28-14-10-9-13-26(28)22(3)17-30(36)38/h6-18,20,31-32,37H,4-5,19,21H2,1-3H3. The van der Waals surface area contributed by atoms with Crippen LogP contribution in [0.3, 0.4) is 0 Å². The number of benzene rings is 3. The average molecular weight is 588 g/mol. The lowest BCUT2D eigenvalue weighted by Gasteiger charge is -2.29. The highest BCUT2D eigenvalue weighted by molar-refractivity contribution is 7.54. The minimum absolute atomic E-state index is 0.0447. The van der Waals surface area contributed by atoms with Crippen LogP contribution in [0.15, 0.2) is 89.9 Å². The number of pyridine rings is 1. The zero-order chi connectivity index (χ0) is 29.7. The topological polar surface area (TPSA) is 121 Å². The Morgan fingerprint density at radius 2 is 1.67 bits per heavy atom. The van der Waals surface area contributed by atoms with E-state index in [-0.39, 0.29) is 31.1 Å². The molecule has 0 fully saturated rings. The van der Waals surface area contributed by atoms with Gasteiger partial charge in [0.2, 0.25) is 0 Å². The number of anilines is 1. The molecular formula is C31H34N5O5P. The second-order valence-electron chi connectivity index (χ2n) is 9.86. The van der Waals surface area contributed by atoms with Crippen molar-refractivity contribution in [1.82, 2.24) is 19.6 Å². The van der Waals surface area contributed by atoms with Gasteiger partial charge in [-0.3, -0.25) is 9.36 Å². The van der Waals surface area contributed by atoms with Gasteiger partial charge in [-0.1, -0.05) is 47.7 Å². The molecule has 0 aliphatic heterocycles. The largest absolute Gasteiger partial charge is 0.508 e. The fourth-order valence-corrected chi connectivity index (χ4v) is 6.94. The molecule has 10 nitrogen and oxygen atoms in total. The number of para-hydroxylation sites is 2. The van der Waals surface area contributed by atoms with Crippen molar-refractivity contribution in [3.05, 3.63) is 118 Å². The van der Waals surface area contributed by atoms with Crippen LogP contribution in [0.25, 0.3) is 10.9 Å². The van der Waals surface area contributed by atoms with E-state index in [0.717, 1.165) is 22.0 Å². The van der Waals surface area contributed by atoms with Crippen molar-refractivity contribution < 1.29 is 18.7 Å². The molecule has 0 aliphatic carbocycles. The molecule has 0 aliphatic rings. The van der Waals surface area contributed by atoms with Gasteiger partial charge in [0.25, 0.3) is 5.56 Å². The summed E-state index contributed by atoms with van der Waals surface area (Å²) in [7, 11) is -3.75. The van der Waals surface area contributed by atoms with Crippen LogP contribution >= 0.6 is 7.60 Å². The van der Waals surface area contributed by atoms with E-state index < -0.39 is 13.4 Å². The Morgan fingerprint density at radius 1 is 0.952 bits per heavy atom. The summed E-state index contributed by atoms with van der Waals surface area (Å²) in [6.07, 6.45) is 1.79. The van der Waals surface area contributed by atoms with Crippen molar-refractivity contribution in [2.45, 2.75) is 39.6 Å². The van der Waals surface area contributed by atoms with Gasteiger partial charge < -0.3 is 24.0 Å². The molecule has 0 spiro atoms. The zero-order valence-corrected chi connectivity index (χ0v) is 24.7. The summed E-state index contributed by atoms with van der Waals surface area (Å²) in [5.41, 5.74) is 4.16. The number of rotatable bonds is 12. The smallest absolute Gasteiger partial charge is 0.357 e. The van der Waals surface area contributed by atoms with Gasteiger partial charge in [-0.2, -0.15) is 0 Å². The minimum Gasteiger partial charge on any atom is -0.508 e. The number of hydrogen-bond donors (Lipinski definition) is 2. The van der Waals surface area contributed by atoms with Gasteiger partial charge in [0.15, 0.2) is 5.78 Å². The number of hydrogen-bond acceptors (Lipinski definition) is 8. The van der Waals surface area contributed by atoms with Gasteiger partial charge in [0.05, 0.1) is 38.0 Å². The lowest BCUT2D eigenvalue weighted by Crippen LogP contribution is -2.21. The molecule has 5 aromatic rings. The van der Waals surface area contributed by atoms with Crippen LogP contribution in [-0.4, -0.2) is 37.9 Å². The van der Waals surface area contributed by atoms with E-state index in [1.165, 1.54) is 0 Å². The predicted octanol–water partition coefficient (Wildman–Crippen LogP) is 6.08. The van der Waals surface area contributed by atoms with Crippen LogP contribution in [0, 0.1) is 6.92 Å². The first-order valence-electron chi connectivity index (χ1n) is 13.8. The number of phenols is 1. The van der Waals surface area contributed by atoms with E-state index in [1.807, 2.05) is 61.5 Å². The van der Waals surface area contributed by atoms with Crippen molar-refractivity contribution in [1.29, 1.82) is 0 Å². The zero-order valence-electron chi connectivity index (χ0n) is 23.8. The summed E-state index contributed by atoms with van der Waals surface area (Å²) in [5.74, 6) is -1.01. The molecule has 1 atom stereocenters. The molecule has 0 saturated carbocycles. The van der Waals surface area contributed by atoms with Gasteiger partial charge in [-0.25, -0.2) is 4.68 Å². The highest BCUT2D eigenvalue weighted by atomic mass is 31.2. The Labute approximate surface area is 244 Å². The van der Waals surface area contributed by atoms with Gasteiger partial charge in [0, 0.05) is 22.7 Å². The fraction of sp³-hybridized carbons (Fsp3) is 0.258. The molecule has 2 N–H and O–H groups in total. The van der Waals surface area contributed by atoms with Crippen molar-refractivity contribution in [3.63, 3.8) is 0 Å². The Kier molecular flexibility index (Phi) is 8.87. The van der Waals surface area contributed by atoms with Crippen molar-refractivity contribution in [2.24, 2.45) is 0 Å². The van der Waals surface area contributed by atoms with Gasteiger partial charge in [-0.05, 0) is 62.2 Å². The number of nitrogens with one attached hydrogen (secondary N) is 1. The normalized spacial score (nSPS) is 12.5. The van der Waals surface area contributed by atoms with Gasteiger partial charge in [-0.15, -0.1) is 5.10 Å². The Balaban J connectivity index is 1.44. The minimum atomic E-state index is -3.75. The highest BCUT2D eigenvalue weighted by Gasteiger charge is 2.38. The molecule has 0 saturated heterocycles. The lowest BCUT2D eigenvalue weighted by atomic mass is 10.1. The molecule has 0 radical (unpaired) electrons. The maximum absolute atomic E-state index is 14.0. The third-order valence-corrected chi connectivity index (χ3v) is 9.15. The van der Waals surface area contributed by atoms with Crippen LogP contribution in [0.4, 0.5) is 5.69 Å². The van der Waals surface area contributed by atoms with Crippen LogP contribution in [0.1, 0.15) is 42.0 Å². The van der Waals surface area contributed by atoms with E-state index >= 15 is 0 Å². The Hall–Kier alpha value is -4.24. The van der Waals surface area contributed by atoms with Gasteiger partial charge >= 0.3 is 7.60 Å². The van der Waals surface area contributed by atoms with E-state index in [1.54, 1.807) is 53.6 Å².